The Morgan fingerprint density at radius 1 is 1.22 bits per heavy atom. The molecule has 0 heterocycles. The van der Waals surface area contributed by atoms with Gasteiger partial charge in [-0.25, -0.2) is 0 Å². The second-order valence-electron chi connectivity index (χ2n) is 3.41. The summed E-state index contributed by atoms with van der Waals surface area (Å²) < 4.78 is 66.9. The van der Waals surface area contributed by atoms with E-state index in [9.17, 15) is 27.1 Å². The van der Waals surface area contributed by atoms with E-state index in [1.165, 1.54) is 6.07 Å². The maximum atomic E-state index is 13.0. The van der Waals surface area contributed by atoms with Crippen molar-refractivity contribution in [3.63, 3.8) is 0 Å². The fourth-order valence-electron chi connectivity index (χ4n) is 1.27. The largest absolute Gasteiger partial charge is 0.496 e. The first-order chi connectivity index (χ1) is 8.11. The monoisotopic (exact) mass is 290 g/mol. The summed E-state index contributed by atoms with van der Waals surface area (Å²) in [7, 11) is 1.07. The second kappa shape index (κ2) is 4.89. The first kappa shape index (κ1) is 15.0. The lowest BCUT2D eigenvalue weighted by Gasteiger charge is -2.26. The predicted octanol–water partition coefficient (Wildman–Crippen LogP) is 3.58. The van der Waals surface area contributed by atoms with Crippen LogP contribution in [0.5, 0.6) is 5.75 Å². The lowest BCUT2D eigenvalue weighted by atomic mass is 10.0. The van der Waals surface area contributed by atoms with Gasteiger partial charge in [0.15, 0.2) is 6.10 Å². The lowest BCUT2D eigenvalue weighted by Crippen LogP contribution is -2.42. The number of ether oxygens (including phenoxy) is 1. The summed E-state index contributed by atoms with van der Waals surface area (Å²) in [6.45, 7) is 0. The molecule has 0 aliphatic heterocycles. The van der Waals surface area contributed by atoms with Crippen LogP contribution in [0.1, 0.15) is 11.7 Å². The number of halogens is 6. The summed E-state index contributed by atoms with van der Waals surface area (Å²) >= 11 is 5.49. The molecule has 1 rings (SSSR count). The summed E-state index contributed by atoms with van der Waals surface area (Å²) in [6, 6.07) is 3.13. The van der Waals surface area contributed by atoms with E-state index in [1.54, 1.807) is 0 Å². The Labute approximate surface area is 104 Å². The fraction of sp³-hybridized carbons (Fsp3) is 0.400. The molecule has 0 saturated heterocycles. The van der Waals surface area contributed by atoms with E-state index in [0.717, 1.165) is 19.2 Å². The molecular formula is C10H8ClF5O2. The van der Waals surface area contributed by atoms with Gasteiger partial charge in [-0.2, -0.15) is 22.0 Å². The van der Waals surface area contributed by atoms with Crippen molar-refractivity contribution < 1.29 is 31.8 Å². The Hall–Kier alpha value is -1.08. The molecule has 0 aromatic heterocycles. The zero-order valence-electron chi connectivity index (χ0n) is 8.93. The van der Waals surface area contributed by atoms with Gasteiger partial charge in [0.05, 0.1) is 7.11 Å². The van der Waals surface area contributed by atoms with Crippen molar-refractivity contribution in [2.75, 3.05) is 7.11 Å². The van der Waals surface area contributed by atoms with E-state index in [2.05, 4.69) is 4.74 Å². The molecule has 0 aliphatic carbocycles. The van der Waals surface area contributed by atoms with Gasteiger partial charge >= 0.3 is 12.1 Å². The number of hydrogen-bond acceptors (Lipinski definition) is 2. The van der Waals surface area contributed by atoms with Crippen LogP contribution in [-0.2, 0) is 0 Å². The first-order valence-corrected chi connectivity index (χ1v) is 4.95. The van der Waals surface area contributed by atoms with Crippen molar-refractivity contribution in [1.82, 2.24) is 0 Å². The number of hydrogen-bond donors (Lipinski definition) is 1. The quantitative estimate of drug-likeness (QED) is 0.862. The highest BCUT2D eigenvalue weighted by Crippen LogP contribution is 2.46. The smallest absolute Gasteiger partial charge is 0.456 e. The Bertz CT molecular complexity index is 433. The van der Waals surface area contributed by atoms with Gasteiger partial charge in [0.2, 0.25) is 0 Å². The van der Waals surface area contributed by atoms with Crippen LogP contribution < -0.4 is 4.74 Å². The van der Waals surface area contributed by atoms with E-state index in [1.807, 2.05) is 0 Å². The van der Waals surface area contributed by atoms with Crippen LogP contribution in [0.3, 0.4) is 0 Å². The van der Waals surface area contributed by atoms with Crippen LogP contribution in [0.15, 0.2) is 18.2 Å². The SMILES string of the molecule is COc1ccc(Cl)cc1C(O)C(F)(F)C(F)(F)F. The van der Waals surface area contributed by atoms with Gasteiger partial charge in [0, 0.05) is 10.6 Å². The normalized spacial score (nSPS) is 14.4. The molecule has 18 heavy (non-hydrogen) atoms. The van der Waals surface area contributed by atoms with Crippen LogP contribution in [0.4, 0.5) is 22.0 Å². The van der Waals surface area contributed by atoms with Crippen molar-refractivity contribution >= 4 is 11.6 Å². The molecule has 1 aromatic carbocycles. The number of aliphatic hydroxyl groups is 1. The predicted molar refractivity (Wildman–Crippen MR) is 54.0 cm³/mol. The molecule has 8 heteroatoms. The van der Waals surface area contributed by atoms with E-state index >= 15 is 0 Å². The molecule has 102 valence electrons. The standard InChI is InChI=1S/C10H8ClF5O2/c1-18-7-3-2-5(11)4-6(7)8(17)9(12,13)10(14,15)16/h2-4,8,17H,1H3. The molecule has 0 spiro atoms. The number of benzene rings is 1. The van der Waals surface area contributed by atoms with Crippen LogP contribution in [-0.4, -0.2) is 24.3 Å². The van der Waals surface area contributed by atoms with Gasteiger partial charge in [-0.15, -0.1) is 0 Å². The third kappa shape index (κ3) is 2.67. The highest BCUT2D eigenvalue weighted by molar-refractivity contribution is 6.30. The molecule has 1 N–H and O–H groups in total. The molecule has 1 aromatic rings. The molecule has 0 bridgehead atoms. The summed E-state index contributed by atoms with van der Waals surface area (Å²) in [5, 5.41) is 9.12. The molecule has 1 unspecified atom stereocenters. The summed E-state index contributed by atoms with van der Waals surface area (Å²) in [6.07, 6.45) is -8.97. The zero-order valence-corrected chi connectivity index (χ0v) is 9.69. The highest BCUT2D eigenvalue weighted by atomic mass is 35.5. The molecule has 1 atom stereocenters. The lowest BCUT2D eigenvalue weighted by molar-refractivity contribution is -0.315. The third-order valence-electron chi connectivity index (χ3n) is 2.21. The van der Waals surface area contributed by atoms with Gasteiger partial charge in [0.1, 0.15) is 5.75 Å². The molecule has 0 aliphatic rings. The van der Waals surface area contributed by atoms with E-state index in [0.29, 0.717) is 0 Å². The Morgan fingerprint density at radius 2 is 1.78 bits per heavy atom. The number of aliphatic hydroxyl groups excluding tert-OH is 1. The minimum absolute atomic E-state index is 0.0946. The van der Waals surface area contributed by atoms with E-state index in [4.69, 9.17) is 11.6 Å². The molecule has 0 amide bonds. The molecule has 0 fully saturated rings. The maximum Gasteiger partial charge on any atom is 0.456 e. The number of alkyl halides is 5. The van der Waals surface area contributed by atoms with Crippen LogP contribution in [0.25, 0.3) is 0 Å². The Kier molecular flexibility index (Phi) is 4.07. The van der Waals surface area contributed by atoms with Gasteiger partial charge in [-0.05, 0) is 18.2 Å². The van der Waals surface area contributed by atoms with E-state index < -0.39 is 23.8 Å². The summed E-state index contributed by atoms with van der Waals surface area (Å²) in [5.74, 6) is -5.61. The molecule has 0 saturated carbocycles. The van der Waals surface area contributed by atoms with Crippen molar-refractivity contribution in [1.29, 1.82) is 0 Å². The fourth-order valence-corrected chi connectivity index (χ4v) is 1.45. The molecule has 0 radical (unpaired) electrons. The van der Waals surface area contributed by atoms with E-state index in [-0.39, 0.29) is 10.8 Å². The van der Waals surface area contributed by atoms with Gasteiger partial charge in [-0.1, -0.05) is 11.6 Å². The summed E-state index contributed by atoms with van der Waals surface area (Å²) in [5.41, 5.74) is -0.729. The minimum atomic E-state index is -5.88. The van der Waals surface area contributed by atoms with Crippen molar-refractivity contribution in [3.8, 4) is 5.75 Å². The Morgan fingerprint density at radius 3 is 2.22 bits per heavy atom. The zero-order chi connectivity index (χ0) is 14.1. The van der Waals surface area contributed by atoms with Gasteiger partial charge in [-0.3, -0.25) is 0 Å². The minimum Gasteiger partial charge on any atom is -0.496 e. The van der Waals surface area contributed by atoms with Crippen molar-refractivity contribution in [3.05, 3.63) is 28.8 Å². The van der Waals surface area contributed by atoms with Crippen molar-refractivity contribution in [2.24, 2.45) is 0 Å². The maximum absolute atomic E-state index is 13.0. The second-order valence-corrected chi connectivity index (χ2v) is 3.85. The molecule has 2 nitrogen and oxygen atoms in total. The number of methoxy groups -OCH3 is 1. The average molecular weight is 291 g/mol. The van der Waals surface area contributed by atoms with Crippen LogP contribution in [0, 0.1) is 0 Å². The van der Waals surface area contributed by atoms with Crippen LogP contribution in [0.2, 0.25) is 5.02 Å². The Balaban J connectivity index is 3.26. The topological polar surface area (TPSA) is 29.5 Å². The molecular weight excluding hydrogens is 283 g/mol. The third-order valence-corrected chi connectivity index (χ3v) is 2.44. The summed E-state index contributed by atoms with van der Waals surface area (Å²) in [4.78, 5) is 0. The van der Waals surface area contributed by atoms with Gasteiger partial charge < -0.3 is 9.84 Å². The van der Waals surface area contributed by atoms with Gasteiger partial charge in [0.25, 0.3) is 0 Å². The first-order valence-electron chi connectivity index (χ1n) is 4.57. The average Bonchev–Trinajstić information content (AvgIpc) is 2.26. The van der Waals surface area contributed by atoms with Crippen molar-refractivity contribution in [2.45, 2.75) is 18.2 Å². The number of rotatable bonds is 3. The highest BCUT2D eigenvalue weighted by Gasteiger charge is 2.63. The van der Waals surface area contributed by atoms with Crippen LogP contribution >= 0.6 is 11.6 Å².